The Morgan fingerprint density at radius 3 is 2.72 bits per heavy atom. The first-order valence-corrected chi connectivity index (χ1v) is 13.7. The van der Waals surface area contributed by atoms with Crippen LogP contribution in [0, 0.1) is 5.82 Å². The molecule has 0 fully saturated rings. The number of nitrogens with one attached hydrogen (secondary N) is 1. The van der Waals surface area contributed by atoms with Gasteiger partial charge in [0.2, 0.25) is 5.91 Å². The number of hydrogen-bond donors (Lipinski definition) is 1. The van der Waals surface area contributed by atoms with E-state index in [1.807, 2.05) is 23.6 Å². The van der Waals surface area contributed by atoms with Crippen molar-refractivity contribution in [1.29, 1.82) is 0 Å². The Morgan fingerprint density at radius 2 is 2.00 bits per heavy atom. The van der Waals surface area contributed by atoms with Crippen LogP contribution in [0.1, 0.15) is 53.9 Å². The van der Waals surface area contributed by atoms with Gasteiger partial charge >= 0.3 is 0 Å². The maximum atomic E-state index is 14.3. The van der Waals surface area contributed by atoms with Crippen molar-refractivity contribution in [3.63, 3.8) is 0 Å². The Bertz CT molecular complexity index is 1350. The van der Waals surface area contributed by atoms with Crippen LogP contribution in [0.5, 0.6) is 0 Å². The minimum absolute atomic E-state index is 0.0481. The molecule has 4 aromatic rings. The number of rotatable bonds is 8. The van der Waals surface area contributed by atoms with E-state index >= 15 is 0 Å². The minimum Gasteiger partial charge on any atom is -0.356 e. The molecule has 0 saturated heterocycles. The van der Waals surface area contributed by atoms with Crippen LogP contribution in [0.3, 0.4) is 0 Å². The number of carbonyl (C=O) groups is 1. The molecule has 2 aromatic heterocycles. The Balaban J connectivity index is 1.52. The molecule has 2 atom stereocenters. The summed E-state index contributed by atoms with van der Waals surface area (Å²) < 4.78 is 14.3. The third-order valence-electron chi connectivity index (χ3n) is 8.02. The number of aromatic nitrogens is 1. The molecule has 36 heavy (non-hydrogen) atoms. The van der Waals surface area contributed by atoms with Gasteiger partial charge in [0.25, 0.3) is 0 Å². The summed E-state index contributed by atoms with van der Waals surface area (Å²) in [6, 6.07) is 19.4. The average Bonchev–Trinajstić information content (AvgIpc) is 3.52. The normalized spacial score (nSPS) is 17.4. The lowest BCUT2D eigenvalue weighted by atomic mass is 9.79. The summed E-state index contributed by atoms with van der Waals surface area (Å²) in [5.74, 6) is -0.0417. The van der Waals surface area contributed by atoms with Crippen LogP contribution >= 0.6 is 11.3 Å². The molecule has 2 unspecified atom stereocenters. The first-order chi connectivity index (χ1) is 17.4. The number of carbonyl (C=O) groups excluding carboxylic acids is 1. The number of aromatic amines is 1. The Hall–Kier alpha value is -2.96. The predicted octanol–water partition coefficient (Wildman–Crippen LogP) is 6.68. The zero-order valence-electron chi connectivity index (χ0n) is 21.3. The number of fused-ring (bicyclic) bond motifs is 3. The zero-order valence-corrected chi connectivity index (χ0v) is 22.1. The molecule has 1 aliphatic heterocycles. The molecular formula is C30H34FN3OS. The minimum atomic E-state index is -0.325. The van der Waals surface area contributed by atoms with Crippen LogP contribution in [0.15, 0.2) is 66.0 Å². The number of H-pyrrole nitrogens is 1. The number of halogens is 1. The van der Waals surface area contributed by atoms with E-state index in [0.29, 0.717) is 13.0 Å². The highest BCUT2D eigenvalue weighted by Gasteiger charge is 2.38. The van der Waals surface area contributed by atoms with E-state index in [2.05, 4.69) is 60.1 Å². The van der Waals surface area contributed by atoms with E-state index < -0.39 is 0 Å². The van der Waals surface area contributed by atoms with Gasteiger partial charge in [0.1, 0.15) is 5.82 Å². The lowest BCUT2D eigenvalue weighted by Gasteiger charge is -2.43. The van der Waals surface area contributed by atoms with Crippen LogP contribution in [0.4, 0.5) is 4.39 Å². The fourth-order valence-corrected chi connectivity index (χ4v) is 6.75. The maximum absolute atomic E-state index is 14.3. The van der Waals surface area contributed by atoms with Crippen LogP contribution in [0.2, 0.25) is 0 Å². The number of nitrogens with zero attached hydrogens (tertiary/aromatic N) is 2. The molecule has 6 heteroatoms. The van der Waals surface area contributed by atoms with Crippen molar-refractivity contribution in [2.24, 2.45) is 0 Å². The van der Waals surface area contributed by atoms with Gasteiger partial charge < -0.3 is 9.88 Å². The number of benzene rings is 2. The van der Waals surface area contributed by atoms with E-state index in [4.69, 9.17) is 0 Å². The van der Waals surface area contributed by atoms with Crippen molar-refractivity contribution in [1.82, 2.24) is 14.8 Å². The summed E-state index contributed by atoms with van der Waals surface area (Å²) in [5, 5.41) is 3.28. The Labute approximate surface area is 216 Å². The number of thiophene rings is 1. The molecule has 4 nitrogen and oxygen atoms in total. The van der Waals surface area contributed by atoms with Crippen molar-refractivity contribution in [3.05, 3.63) is 93.6 Å². The molecule has 1 N–H and O–H groups in total. The molecule has 1 aliphatic rings. The van der Waals surface area contributed by atoms with Crippen molar-refractivity contribution in [2.45, 2.75) is 50.6 Å². The summed E-state index contributed by atoms with van der Waals surface area (Å²) in [7, 11) is 4.15. The van der Waals surface area contributed by atoms with Gasteiger partial charge in [-0.15, -0.1) is 11.3 Å². The smallest absolute Gasteiger partial charge is 0.228 e. The van der Waals surface area contributed by atoms with Crippen molar-refractivity contribution in [3.8, 4) is 0 Å². The summed E-state index contributed by atoms with van der Waals surface area (Å²) in [6.07, 6.45) is 3.72. The Kier molecular flexibility index (Phi) is 7.00. The summed E-state index contributed by atoms with van der Waals surface area (Å²) in [6.45, 7) is 2.88. The van der Waals surface area contributed by atoms with Crippen LogP contribution < -0.4 is 0 Å². The number of amides is 1. The van der Waals surface area contributed by atoms with Crippen molar-refractivity contribution in [2.75, 3.05) is 20.6 Å². The first-order valence-electron chi connectivity index (χ1n) is 12.8. The molecule has 0 saturated carbocycles. The molecule has 2 aromatic carbocycles. The molecule has 3 heterocycles. The van der Waals surface area contributed by atoms with E-state index in [0.717, 1.165) is 47.3 Å². The summed E-state index contributed by atoms with van der Waals surface area (Å²) >= 11 is 1.63. The van der Waals surface area contributed by atoms with Crippen molar-refractivity contribution >= 4 is 28.1 Å². The molecule has 0 bridgehead atoms. The van der Waals surface area contributed by atoms with Gasteiger partial charge in [-0.05, 0) is 80.6 Å². The quantitative estimate of drug-likeness (QED) is 0.291. The Morgan fingerprint density at radius 1 is 1.17 bits per heavy atom. The maximum Gasteiger partial charge on any atom is 0.228 e. The summed E-state index contributed by atoms with van der Waals surface area (Å²) in [5.41, 5.74) is 4.27. The average molecular weight is 504 g/mol. The van der Waals surface area contributed by atoms with Gasteiger partial charge in [-0.2, -0.15) is 0 Å². The van der Waals surface area contributed by atoms with Crippen LogP contribution in [0.25, 0.3) is 10.9 Å². The largest absolute Gasteiger partial charge is 0.356 e. The lowest BCUT2D eigenvalue weighted by molar-refractivity contribution is -0.133. The fourth-order valence-electron chi connectivity index (χ4n) is 6.06. The molecule has 0 spiro atoms. The zero-order chi connectivity index (χ0) is 25.3. The molecule has 188 valence electrons. The molecular weight excluding hydrogens is 469 g/mol. The second-order valence-electron chi connectivity index (χ2n) is 10.0. The monoisotopic (exact) mass is 503 g/mol. The SMILES string of the molecule is CCC(CCC1c2[nH]c3ccccc3c2CCN1C(=O)Cc1cccs1)(c1cccc(F)c1)N(C)C. The molecule has 0 aliphatic carbocycles. The van der Waals surface area contributed by atoms with E-state index in [9.17, 15) is 9.18 Å². The second-order valence-corrected chi connectivity index (χ2v) is 11.0. The number of para-hydroxylation sites is 1. The van der Waals surface area contributed by atoms with Crippen LogP contribution in [-0.2, 0) is 23.2 Å². The summed E-state index contributed by atoms with van der Waals surface area (Å²) in [4.78, 5) is 22.7. The van der Waals surface area contributed by atoms with Gasteiger partial charge in [-0.1, -0.05) is 43.3 Å². The van der Waals surface area contributed by atoms with Gasteiger partial charge in [0, 0.05) is 33.6 Å². The van der Waals surface area contributed by atoms with Crippen LogP contribution in [-0.4, -0.2) is 41.3 Å². The molecule has 1 amide bonds. The van der Waals surface area contributed by atoms with Gasteiger partial charge in [0.05, 0.1) is 12.5 Å². The standard InChI is InChI=1S/C30H34FN3OS/c1-4-30(33(2)3,21-9-7-10-22(31)19-21)16-14-27-29-25(24-12-5-6-13-26(24)32-29)15-17-34(27)28(35)20-23-11-8-18-36-23/h5-13,18-19,27,32H,4,14-17,20H2,1-3H3. The highest BCUT2D eigenvalue weighted by atomic mass is 32.1. The topological polar surface area (TPSA) is 39.3 Å². The highest BCUT2D eigenvalue weighted by Crippen LogP contribution is 2.42. The van der Waals surface area contributed by atoms with Gasteiger partial charge in [-0.3, -0.25) is 9.69 Å². The molecule has 5 rings (SSSR count). The first kappa shape index (κ1) is 24.7. The van der Waals surface area contributed by atoms with Crippen molar-refractivity contribution < 1.29 is 9.18 Å². The number of hydrogen-bond acceptors (Lipinski definition) is 3. The van der Waals surface area contributed by atoms with E-state index in [1.165, 1.54) is 17.0 Å². The van der Waals surface area contributed by atoms with E-state index in [1.54, 1.807) is 23.5 Å². The van der Waals surface area contributed by atoms with Gasteiger partial charge in [-0.25, -0.2) is 4.39 Å². The van der Waals surface area contributed by atoms with Gasteiger partial charge in [0.15, 0.2) is 0 Å². The molecule has 0 radical (unpaired) electrons. The second kappa shape index (κ2) is 10.2. The lowest BCUT2D eigenvalue weighted by Crippen LogP contribution is -2.44. The highest BCUT2D eigenvalue weighted by molar-refractivity contribution is 7.10. The third kappa shape index (κ3) is 4.48. The third-order valence-corrected chi connectivity index (χ3v) is 8.90. The fraction of sp³-hybridized carbons (Fsp3) is 0.367. The van der Waals surface area contributed by atoms with E-state index in [-0.39, 0.29) is 23.3 Å². The predicted molar refractivity (Wildman–Crippen MR) is 146 cm³/mol.